The Morgan fingerprint density at radius 2 is 2.05 bits per heavy atom. The van der Waals surface area contributed by atoms with Gasteiger partial charge in [-0.2, -0.15) is 0 Å². The van der Waals surface area contributed by atoms with Gasteiger partial charge in [0.1, 0.15) is 4.90 Å². The first kappa shape index (κ1) is 16.9. The molecule has 6 nitrogen and oxygen atoms in total. The summed E-state index contributed by atoms with van der Waals surface area (Å²) in [5, 5.41) is 12.1. The molecule has 0 bridgehead atoms. The Bertz CT molecular complexity index is 499. The van der Waals surface area contributed by atoms with Gasteiger partial charge in [-0.25, -0.2) is 13.1 Å². The van der Waals surface area contributed by atoms with E-state index in [0.717, 1.165) is 0 Å². The molecule has 3 N–H and O–H groups in total. The highest BCUT2D eigenvalue weighted by molar-refractivity contribution is 7.89. The van der Waals surface area contributed by atoms with Gasteiger partial charge in [0.2, 0.25) is 10.0 Å². The van der Waals surface area contributed by atoms with Gasteiger partial charge in [0, 0.05) is 20.3 Å². The third-order valence-electron chi connectivity index (χ3n) is 2.72. The van der Waals surface area contributed by atoms with Crippen molar-refractivity contribution in [2.24, 2.45) is 0 Å². The van der Waals surface area contributed by atoms with Crippen molar-refractivity contribution in [1.29, 1.82) is 0 Å². The van der Waals surface area contributed by atoms with Crippen LogP contribution in [0.25, 0.3) is 0 Å². The number of aliphatic hydroxyl groups excluding tert-OH is 1. The van der Waals surface area contributed by atoms with Crippen LogP contribution in [0.5, 0.6) is 0 Å². The highest BCUT2D eigenvalue weighted by atomic mass is 32.2. The van der Waals surface area contributed by atoms with E-state index in [0.29, 0.717) is 25.3 Å². The van der Waals surface area contributed by atoms with Crippen LogP contribution in [0.4, 0.5) is 5.69 Å². The van der Waals surface area contributed by atoms with E-state index in [1.165, 1.54) is 0 Å². The number of methoxy groups -OCH3 is 1. The highest BCUT2D eigenvalue weighted by Gasteiger charge is 2.19. The van der Waals surface area contributed by atoms with Crippen LogP contribution in [-0.2, 0) is 14.8 Å². The largest absolute Gasteiger partial charge is 0.396 e. The number of anilines is 1. The van der Waals surface area contributed by atoms with Crippen molar-refractivity contribution in [2.75, 3.05) is 32.2 Å². The minimum atomic E-state index is -3.53. The van der Waals surface area contributed by atoms with Crippen LogP contribution < -0.4 is 10.0 Å². The normalized spacial score (nSPS) is 13.2. The second-order valence-corrected chi connectivity index (χ2v) is 6.04. The van der Waals surface area contributed by atoms with Gasteiger partial charge in [-0.3, -0.25) is 0 Å². The third kappa shape index (κ3) is 4.75. The van der Waals surface area contributed by atoms with E-state index in [2.05, 4.69) is 10.0 Å². The van der Waals surface area contributed by atoms with Gasteiger partial charge in [0.05, 0.1) is 18.3 Å². The molecule has 1 aromatic carbocycles. The molecular weight excluding hydrogens is 280 g/mol. The van der Waals surface area contributed by atoms with Crippen molar-refractivity contribution >= 4 is 15.7 Å². The standard InChI is InChI=1S/C13H22N2O4S/c1-3-14-20(17,18)13-7-5-4-6-12(13)15-11(8-9-16)10-19-2/h4-7,11,14-16H,3,8-10H2,1-2H3. The summed E-state index contributed by atoms with van der Waals surface area (Å²) in [7, 11) is -1.97. The fourth-order valence-corrected chi connectivity index (χ4v) is 3.07. The monoisotopic (exact) mass is 302 g/mol. The molecule has 1 rings (SSSR count). The maximum absolute atomic E-state index is 12.1. The van der Waals surface area contributed by atoms with Crippen molar-refractivity contribution in [3.05, 3.63) is 24.3 Å². The van der Waals surface area contributed by atoms with E-state index in [1.807, 2.05) is 0 Å². The molecule has 7 heteroatoms. The first-order valence-electron chi connectivity index (χ1n) is 6.50. The molecular formula is C13H22N2O4S. The van der Waals surface area contributed by atoms with Crippen LogP contribution in [0.3, 0.4) is 0 Å². The molecule has 114 valence electrons. The van der Waals surface area contributed by atoms with Gasteiger partial charge in [-0.15, -0.1) is 0 Å². The number of aliphatic hydroxyl groups is 1. The number of rotatable bonds is 9. The predicted octanol–water partition coefficient (Wildman–Crippen LogP) is 0.794. The number of para-hydroxylation sites is 1. The van der Waals surface area contributed by atoms with Crippen molar-refractivity contribution in [3.63, 3.8) is 0 Å². The zero-order valence-corrected chi connectivity index (χ0v) is 12.6. The average Bonchev–Trinajstić information content (AvgIpc) is 2.39. The van der Waals surface area contributed by atoms with Gasteiger partial charge >= 0.3 is 0 Å². The minimum absolute atomic E-state index is 0.00313. The van der Waals surface area contributed by atoms with Gasteiger partial charge in [-0.05, 0) is 18.6 Å². The number of ether oxygens (including phenoxy) is 1. The third-order valence-corrected chi connectivity index (χ3v) is 4.32. The fourth-order valence-electron chi connectivity index (χ4n) is 1.86. The number of nitrogens with one attached hydrogen (secondary N) is 2. The van der Waals surface area contributed by atoms with Gasteiger partial charge in [-0.1, -0.05) is 19.1 Å². The Hall–Kier alpha value is -1.15. The Kier molecular flexibility index (Phi) is 6.94. The summed E-state index contributed by atoms with van der Waals surface area (Å²) in [5.41, 5.74) is 0.504. The quantitative estimate of drug-likeness (QED) is 0.628. The maximum atomic E-state index is 12.1. The summed E-state index contributed by atoms with van der Waals surface area (Å²) in [6, 6.07) is 6.53. The smallest absolute Gasteiger partial charge is 0.242 e. The number of benzene rings is 1. The number of hydrogen-bond acceptors (Lipinski definition) is 5. The van der Waals surface area contributed by atoms with Crippen LogP contribution >= 0.6 is 0 Å². The molecule has 1 aromatic rings. The van der Waals surface area contributed by atoms with Crippen molar-refractivity contribution in [3.8, 4) is 0 Å². The fraction of sp³-hybridized carbons (Fsp3) is 0.538. The number of hydrogen-bond donors (Lipinski definition) is 3. The summed E-state index contributed by atoms with van der Waals surface area (Å²) >= 11 is 0. The van der Waals surface area contributed by atoms with E-state index in [9.17, 15) is 8.42 Å². The molecule has 20 heavy (non-hydrogen) atoms. The second kappa shape index (κ2) is 8.21. The summed E-state index contributed by atoms with van der Waals surface area (Å²) in [5.74, 6) is 0. The van der Waals surface area contributed by atoms with Crippen LogP contribution in [0.15, 0.2) is 29.2 Å². The maximum Gasteiger partial charge on any atom is 0.242 e. The van der Waals surface area contributed by atoms with Crippen LogP contribution in [0.1, 0.15) is 13.3 Å². The van der Waals surface area contributed by atoms with Crippen molar-refractivity contribution in [2.45, 2.75) is 24.3 Å². The zero-order valence-electron chi connectivity index (χ0n) is 11.8. The van der Waals surface area contributed by atoms with Crippen LogP contribution in [0.2, 0.25) is 0 Å². The zero-order chi connectivity index (χ0) is 15.0. The predicted molar refractivity (Wildman–Crippen MR) is 78.3 cm³/mol. The van der Waals surface area contributed by atoms with Crippen LogP contribution in [-0.4, -0.2) is 46.4 Å². The molecule has 0 saturated carbocycles. The summed E-state index contributed by atoms with van der Waals surface area (Å²) in [6.07, 6.45) is 0.476. The molecule has 0 aliphatic heterocycles. The lowest BCUT2D eigenvalue weighted by Crippen LogP contribution is -2.29. The molecule has 1 atom stereocenters. The highest BCUT2D eigenvalue weighted by Crippen LogP contribution is 2.21. The second-order valence-electron chi connectivity index (χ2n) is 4.31. The molecule has 0 spiro atoms. The Morgan fingerprint density at radius 1 is 1.35 bits per heavy atom. The summed E-state index contributed by atoms with van der Waals surface area (Å²) in [6.45, 7) is 2.45. The molecule has 0 fully saturated rings. The van der Waals surface area contributed by atoms with Crippen molar-refractivity contribution < 1.29 is 18.3 Å². The van der Waals surface area contributed by atoms with E-state index < -0.39 is 10.0 Å². The van der Waals surface area contributed by atoms with Gasteiger partial charge in [0.25, 0.3) is 0 Å². The molecule has 0 amide bonds. The molecule has 0 radical (unpaired) electrons. The first-order valence-corrected chi connectivity index (χ1v) is 7.98. The molecule has 0 aliphatic carbocycles. The Balaban J connectivity index is 3.00. The number of sulfonamides is 1. The molecule has 0 aliphatic rings. The lowest BCUT2D eigenvalue weighted by molar-refractivity contribution is 0.170. The van der Waals surface area contributed by atoms with Crippen molar-refractivity contribution in [1.82, 2.24) is 4.72 Å². The Morgan fingerprint density at radius 3 is 2.65 bits per heavy atom. The van der Waals surface area contributed by atoms with E-state index in [-0.39, 0.29) is 17.5 Å². The summed E-state index contributed by atoms with van der Waals surface area (Å²) in [4.78, 5) is 0.195. The SMILES string of the molecule is CCNS(=O)(=O)c1ccccc1NC(CCO)COC. The molecule has 0 saturated heterocycles. The lowest BCUT2D eigenvalue weighted by atomic mass is 10.2. The van der Waals surface area contributed by atoms with E-state index >= 15 is 0 Å². The summed E-state index contributed by atoms with van der Waals surface area (Å²) < 4.78 is 31.8. The lowest BCUT2D eigenvalue weighted by Gasteiger charge is -2.20. The average molecular weight is 302 g/mol. The molecule has 0 aromatic heterocycles. The van der Waals surface area contributed by atoms with Gasteiger partial charge in [0.15, 0.2) is 0 Å². The first-order chi connectivity index (χ1) is 9.55. The van der Waals surface area contributed by atoms with E-state index in [4.69, 9.17) is 9.84 Å². The van der Waals surface area contributed by atoms with Crippen LogP contribution in [0, 0.1) is 0 Å². The minimum Gasteiger partial charge on any atom is -0.396 e. The van der Waals surface area contributed by atoms with Gasteiger partial charge < -0.3 is 15.2 Å². The topological polar surface area (TPSA) is 87.7 Å². The van der Waals surface area contributed by atoms with E-state index in [1.54, 1.807) is 38.3 Å². The Labute approximate surface area is 120 Å². The molecule has 1 unspecified atom stereocenters. The molecule has 0 heterocycles.